The Balaban J connectivity index is 2.01. The van der Waals surface area contributed by atoms with Gasteiger partial charge in [-0.1, -0.05) is 0 Å². The molecule has 1 aromatic carbocycles. The molecule has 0 atom stereocenters. The molecule has 1 aromatic rings. The first-order chi connectivity index (χ1) is 7.15. The molecule has 1 aliphatic rings. The molecule has 82 valence electrons. The van der Waals surface area contributed by atoms with Crippen LogP contribution in [-0.2, 0) is 0 Å². The Morgan fingerprint density at radius 3 is 2.73 bits per heavy atom. The van der Waals surface area contributed by atoms with Gasteiger partial charge in [-0.05, 0) is 25.0 Å². The van der Waals surface area contributed by atoms with Crippen molar-refractivity contribution >= 4 is 5.69 Å². The molecule has 0 aromatic heterocycles. The summed E-state index contributed by atoms with van der Waals surface area (Å²) in [7, 11) is 0. The molecule has 4 N–H and O–H groups in total. The van der Waals surface area contributed by atoms with Crippen LogP contribution in [0.25, 0.3) is 0 Å². The minimum Gasteiger partial charge on any atom is -0.491 e. The van der Waals surface area contributed by atoms with Crippen LogP contribution in [-0.4, -0.2) is 13.2 Å². The highest BCUT2D eigenvalue weighted by molar-refractivity contribution is 5.52. The van der Waals surface area contributed by atoms with Crippen LogP contribution in [0.2, 0.25) is 0 Å². The highest BCUT2D eigenvalue weighted by Crippen LogP contribution is 2.45. The van der Waals surface area contributed by atoms with Gasteiger partial charge in [0, 0.05) is 18.0 Å². The number of benzene rings is 1. The van der Waals surface area contributed by atoms with Crippen LogP contribution < -0.4 is 16.2 Å². The van der Waals surface area contributed by atoms with E-state index in [1.165, 1.54) is 18.2 Å². The maximum atomic E-state index is 12.9. The molecule has 0 radical (unpaired) electrons. The summed E-state index contributed by atoms with van der Waals surface area (Å²) in [6.45, 7) is 1.14. The van der Waals surface area contributed by atoms with E-state index in [1.54, 1.807) is 0 Å². The van der Waals surface area contributed by atoms with Gasteiger partial charge in [0.05, 0.1) is 12.3 Å². The number of hydrogen-bond acceptors (Lipinski definition) is 3. The molecule has 3 nitrogen and oxygen atoms in total. The molecule has 1 aliphatic carbocycles. The van der Waals surface area contributed by atoms with Crippen molar-refractivity contribution in [3.63, 3.8) is 0 Å². The van der Waals surface area contributed by atoms with Crippen LogP contribution >= 0.6 is 0 Å². The fourth-order valence-corrected chi connectivity index (χ4v) is 1.45. The zero-order valence-electron chi connectivity index (χ0n) is 8.50. The van der Waals surface area contributed by atoms with Crippen molar-refractivity contribution in [2.24, 2.45) is 11.1 Å². The third kappa shape index (κ3) is 2.21. The van der Waals surface area contributed by atoms with Crippen molar-refractivity contribution in [3.8, 4) is 5.75 Å². The largest absolute Gasteiger partial charge is 0.491 e. The van der Waals surface area contributed by atoms with Gasteiger partial charge >= 0.3 is 0 Å². The molecule has 0 spiro atoms. The van der Waals surface area contributed by atoms with Crippen LogP contribution in [0.3, 0.4) is 0 Å². The molecule has 0 bridgehead atoms. The Morgan fingerprint density at radius 2 is 2.13 bits per heavy atom. The van der Waals surface area contributed by atoms with Crippen molar-refractivity contribution < 1.29 is 9.13 Å². The van der Waals surface area contributed by atoms with Crippen molar-refractivity contribution in [1.29, 1.82) is 0 Å². The number of ether oxygens (including phenoxy) is 1. The summed E-state index contributed by atoms with van der Waals surface area (Å²) in [4.78, 5) is 0. The average Bonchev–Trinajstić information content (AvgIpc) is 3.00. The lowest BCUT2D eigenvalue weighted by Gasteiger charge is -2.14. The predicted molar refractivity (Wildman–Crippen MR) is 57.0 cm³/mol. The van der Waals surface area contributed by atoms with Crippen LogP contribution in [0.5, 0.6) is 5.75 Å². The van der Waals surface area contributed by atoms with Crippen LogP contribution in [0.4, 0.5) is 10.1 Å². The molecule has 0 unspecified atom stereocenters. The first-order valence-electron chi connectivity index (χ1n) is 5.03. The third-order valence-electron chi connectivity index (χ3n) is 2.90. The Hall–Kier alpha value is -1.29. The van der Waals surface area contributed by atoms with Crippen molar-refractivity contribution in [2.75, 3.05) is 18.9 Å². The topological polar surface area (TPSA) is 61.3 Å². The van der Waals surface area contributed by atoms with Gasteiger partial charge in [-0.3, -0.25) is 0 Å². The van der Waals surface area contributed by atoms with E-state index in [2.05, 4.69) is 0 Å². The second kappa shape index (κ2) is 3.70. The number of halogens is 1. The summed E-state index contributed by atoms with van der Waals surface area (Å²) >= 11 is 0. The summed E-state index contributed by atoms with van der Waals surface area (Å²) < 4.78 is 18.4. The molecule has 0 heterocycles. The van der Waals surface area contributed by atoms with Gasteiger partial charge in [-0.15, -0.1) is 0 Å². The molecular weight excluding hydrogens is 195 g/mol. The van der Waals surface area contributed by atoms with E-state index in [0.717, 1.165) is 12.8 Å². The first-order valence-corrected chi connectivity index (χ1v) is 5.03. The van der Waals surface area contributed by atoms with Gasteiger partial charge in [0.15, 0.2) is 0 Å². The minimum atomic E-state index is -0.336. The van der Waals surface area contributed by atoms with Crippen LogP contribution in [0.1, 0.15) is 12.8 Å². The zero-order chi connectivity index (χ0) is 10.9. The zero-order valence-corrected chi connectivity index (χ0v) is 8.50. The lowest BCUT2D eigenvalue weighted by molar-refractivity contribution is 0.239. The number of hydrogen-bond donors (Lipinski definition) is 2. The van der Waals surface area contributed by atoms with E-state index >= 15 is 0 Å². The van der Waals surface area contributed by atoms with Gasteiger partial charge in [-0.2, -0.15) is 0 Å². The quantitative estimate of drug-likeness (QED) is 0.741. The monoisotopic (exact) mass is 210 g/mol. The molecular formula is C11H15FN2O. The Morgan fingerprint density at radius 1 is 1.40 bits per heavy atom. The smallest absolute Gasteiger partial charge is 0.145 e. The molecule has 0 amide bonds. The fourth-order valence-electron chi connectivity index (χ4n) is 1.45. The molecule has 2 rings (SSSR count). The lowest BCUT2D eigenvalue weighted by atomic mass is 10.1. The van der Waals surface area contributed by atoms with Crippen molar-refractivity contribution in [1.82, 2.24) is 0 Å². The van der Waals surface area contributed by atoms with Crippen LogP contribution in [0, 0.1) is 11.2 Å². The average molecular weight is 210 g/mol. The van der Waals surface area contributed by atoms with E-state index in [0.29, 0.717) is 24.6 Å². The summed E-state index contributed by atoms with van der Waals surface area (Å²) in [6.07, 6.45) is 2.16. The highest BCUT2D eigenvalue weighted by atomic mass is 19.1. The SMILES string of the molecule is NCC1(COc2cc(F)ccc2N)CC1. The van der Waals surface area contributed by atoms with Gasteiger partial charge in [0.25, 0.3) is 0 Å². The number of rotatable bonds is 4. The van der Waals surface area contributed by atoms with E-state index in [-0.39, 0.29) is 11.2 Å². The molecule has 0 aliphatic heterocycles. The van der Waals surface area contributed by atoms with Crippen molar-refractivity contribution in [2.45, 2.75) is 12.8 Å². The maximum absolute atomic E-state index is 12.9. The number of nitrogen functional groups attached to an aromatic ring is 1. The second-order valence-electron chi connectivity index (χ2n) is 4.17. The Bertz CT molecular complexity index is 364. The second-order valence-corrected chi connectivity index (χ2v) is 4.17. The Labute approximate surface area is 88.2 Å². The first kappa shape index (κ1) is 10.2. The molecule has 1 fully saturated rings. The molecule has 15 heavy (non-hydrogen) atoms. The van der Waals surface area contributed by atoms with E-state index in [9.17, 15) is 4.39 Å². The lowest BCUT2D eigenvalue weighted by Crippen LogP contribution is -2.23. The predicted octanol–water partition coefficient (Wildman–Crippen LogP) is 1.53. The standard InChI is InChI=1S/C11H15FN2O/c12-8-1-2-9(14)10(5-8)15-7-11(6-13)3-4-11/h1-2,5H,3-4,6-7,13-14H2. The summed E-state index contributed by atoms with van der Waals surface area (Å²) in [5.41, 5.74) is 11.8. The van der Waals surface area contributed by atoms with E-state index in [4.69, 9.17) is 16.2 Å². The fraction of sp³-hybridized carbons (Fsp3) is 0.455. The number of nitrogens with two attached hydrogens (primary N) is 2. The van der Waals surface area contributed by atoms with Gasteiger partial charge in [0.1, 0.15) is 11.6 Å². The molecule has 0 saturated heterocycles. The van der Waals surface area contributed by atoms with E-state index in [1.807, 2.05) is 0 Å². The highest BCUT2D eigenvalue weighted by Gasteiger charge is 2.42. The summed E-state index contributed by atoms with van der Waals surface area (Å²) in [6, 6.07) is 4.13. The van der Waals surface area contributed by atoms with Gasteiger partial charge < -0.3 is 16.2 Å². The van der Waals surface area contributed by atoms with Gasteiger partial charge in [-0.25, -0.2) is 4.39 Å². The minimum absolute atomic E-state index is 0.110. The molecule has 1 saturated carbocycles. The van der Waals surface area contributed by atoms with Crippen molar-refractivity contribution in [3.05, 3.63) is 24.0 Å². The Kier molecular flexibility index (Phi) is 2.52. The summed E-state index contributed by atoms with van der Waals surface area (Å²) in [5.74, 6) is 0.0755. The van der Waals surface area contributed by atoms with E-state index < -0.39 is 0 Å². The third-order valence-corrected chi connectivity index (χ3v) is 2.90. The molecule has 4 heteroatoms. The normalized spacial score (nSPS) is 17.5. The van der Waals surface area contributed by atoms with Crippen LogP contribution in [0.15, 0.2) is 18.2 Å². The number of anilines is 1. The summed E-state index contributed by atoms with van der Waals surface area (Å²) in [5, 5.41) is 0. The van der Waals surface area contributed by atoms with Gasteiger partial charge in [0.2, 0.25) is 0 Å². The maximum Gasteiger partial charge on any atom is 0.145 e.